The summed E-state index contributed by atoms with van der Waals surface area (Å²) in [6.45, 7) is 5.23. The smallest absolute Gasteiger partial charge is 0.222 e. The van der Waals surface area contributed by atoms with Crippen molar-refractivity contribution in [3.05, 3.63) is 59.5 Å². The Balaban J connectivity index is 1.27. The summed E-state index contributed by atoms with van der Waals surface area (Å²) in [7, 11) is 1.79. The third-order valence-corrected chi connectivity index (χ3v) is 6.17. The van der Waals surface area contributed by atoms with E-state index in [0.29, 0.717) is 19.5 Å². The van der Waals surface area contributed by atoms with Crippen LogP contribution in [0.3, 0.4) is 0 Å². The molecule has 7 nitrogen and oxygen atoms in total. The second kappa shape index (κ2) is 10.5. The molecule has 2 saturated heterocycles. The summed E-state index contributed by atoms with van der Waals surface area (Å²) in [6.07, 6.45) is 5.89. The number of nitrogens with one attached hydrogen (secondary N) is 2. The number of amides is 1. The fourth-order valence-corrected chi connectivity index (χ4v) is 4.40. The number of guanidine groups is 1. The highest BCUT2D eigenvalue weighted by atomic mass is 16.3. The molecule has 2 N–H and O–H groups in total. The highest BCUT2D eigenvalue weighted by molar-refractivity contribution is 5.79. The predicted octanol–water partition coefficient (Wildman–Crippen LogP) is 2.90. The van der Waals surface area contributed by atoms with Crippen molar-refractivity contribution < 1.29 is 9.21 Å². The Hall–Kier alpha value is -2.80. The number of hydrogen-bond donors (Lipinski definition) is 2. The number of furan rings is 1. The molecule has 2 aliphatic heterocycles. The Bertz CT molecular complexity index is 857. The highest BCUT2D eigenvalue weighted by Gasteiger charge is 2.25. The van der Waals surface area contributed by atoms with Gasteiger partial charge >= 0.3 is 0 Å². The monoisotopic (exact) mass is 423 g/mol. The quantitative estimate of drug-likeness (QED) is 0.505. The number of aliphatic imine (C=N–C) groups is 1. The van der Waals surface area contributed by atoms with Gasteiger partial charge in [0.2, 0.25) is 5.91 Å². The molecule has 0 aliphatic carbocycles. The molecule has 0 bridgehead atoms. The number of rotatable bonds is 8. The first-order valence-corrected chi connectivity index (χ1v) is 11.3. The lowest BCUT2D eigenvalue weighted by Gasteiger charge is -2.26. The van der Waals surface area contributed by atoms with E-state index < -0.39 is 0 Å². The van der Waals surface area contributed by atoms with Crippen molar-refractivity contribution in [2.45, 2.75) is 44.8 Å². The maximum Gasteiger partial charge on any atom is 0.222 e. The molecule has 3 heterocycles. The van der Waals surface area contributed by atoms with Gasteiger partial charge in [-0.1, -0.05) is 24.3 Å². The summed E-state index contributed by atoms with van der Waals surface area (Å²) < 4.78 is 5.70. The van der Waals surface area contributed by atoms with Crippen LogP contribution in [0.1, 0.15) is 48.6 Å². The lowest BCUT2D eigenvalue weighted by Crippen LogP contribution is -2.42. The molecular weight excluding hydrogens is 390 g/mol. The molecule has 1 aromatic carbocycles. The number of benzene rings is 1. The molecule has 2 aromatic rings. The van der Waals surface area contributed by atoms with Crippen LogP contribution >= 0.6 is 0 Å². The Labute approximate surface area is 184 Å². The standard InChI is InChI=1S/C24H33N5O2/c1-25-24(27-17-21(22-6-5-15-31-22)28-12-2-3-13-28)26-16-19-8-10-20(11-9-19)18-29-14-4-7-23(29)30/h5-6,8-11,15,21H,2-4,7,12-14,16-18H2,1H3,(H2,25,26,27). The summed E-state index contributed by atoms with van der Waals surface area (Å²) >= 11 is 0. The van der Waals surface area contributed by atoms with Gasteiger partial charge in [0.1, 0.15) is 5.76 Å². The summed E-state index contributed by atoms with van der Waals surface area (Å²) in [4.78, 5) is 20.6. The molecule has 0 spiro atoms. The van der Waals surface area contributed by atoms with Crippen molar-refractivity contribution in [3.63, 3.8) is 0 Å². The second-order valence-corrected chi connectivity index (χ2v) is 8.32. The molecule has 2 fully saturated rings. The number of hydrogen-bond acceptors (Lipinski definition) is 4. The zero-order chi connectivity index (χ0) is 21.5. The minimum absolute atomic E-state index is 0.212. The SMILES string of the molecule is CN=C(NCc1ccc(CN2CCCC2=O)cc1)NCC(c1ccco1)N1CCCC1. The van der Waals surface area contributed by atoms with Crippen molar-refractivity contribution in [1.82, 2.24) is 20.4 Å². The lowest BCUT2D eigenvalue weighted by molar-refractivity contribution is -0.128. The van der Waals surface area contributed by atoms with Gasteiger partial charge in [-0.3, -0.25) is 14.7 Å². The van der Waals surface area contributed by atoms with E-state index in [0.717, 1.165) is 44.3 Å². The van der Waals surface area contributed by atoms with Crippen molar-refractivity contribution in [2.24, 2.45) is 4.99 Å². The minimum Gasteiger partial charge on any atom is -0.468 e. The number of likely N-dealkylation sites (tertiary alicyclic amines) is 2. The third-order valence-electron chi connectivity index (χ3n) is 6.17. The van der Waals surface area contributed by atoms with Crippen LogP contribution in [0.15, 0.2) is 52.1 Å². The van der Waals surface area contributed by atoms with E-state index in [1.54, 1.807) is 13.3 Å². The zero-order valence-electron chi connectivity index (χ0n) is 18.3. The van der Waals surface area contributed by atoms with E-state index >= 15 is 0 Å². The molecule has 1 atom stereocenters. The molecular formula is C24H33N5O2. The minimum atomic E-state index is 0.212. The van der Waals surface area contributed by atoms with Crippen LogP contribution in [-0.2, 0) is 17.9 Å². The molecule has 0 radical (unpaired) electrons. The molecule has 7 heteroatoms. The van der Waals surface area contributed by atoms with Crippen molar-refractivity contribution >= 4 is 11.9 Å². The largest absolute Gasteiger partial charge is 0.468 e. The first-order chi connectivity index (χ1) is 15.2. The maximum absolute atomic E-state index is 11.8. The summed E-state index contributed by atoms with van der Waals surface area (Å²) in [6, 6.07) is 12.7. The van der Waals surface area contributed by atoms with Crippen LogP contribution in [0.25, 0.3) is 0 Å². The van der Waals surface area contributed by atoms with Gasteiger partial charge in [-0.25, -0.2) is 0 Å². The number of carbonyl (C=O) groups is 1. The number of nitrogens with zero attached hydrogens (tertiary/aromatic N) is 3. The van der Waals surface area contributed by atoms with Gasteiger partial charge < -0.3 is 20.0 Å². The highest BCUT2D eigenvalue weighted by Crippen LogP contribution is 2.24. The van der Waals surface area contributed by atoms with E-state index in [-0.39, 0.29) is 11.9 Å². The predicted molar refractivity (Wildman–Crippen MR) is 122 cm³/mol. The molecule has 1 unspecified atom stereocenters. The third kappa shape index (κ3) is 5.67. The lowest BCUT2D eigenvalue weighted by atomic mass is 10.1. The van der Waals surface area contributed by atoms with Crippen molar-refractivity contribution in [2.75, 3.05) is 33.2 Å². The second-order valence-electron chi connectivity index (χ2n) is 8.32. The van der Waals surface area contributed by atoms with Crippen LogP contribution in [-0.4, -0.2) is 54.9 Å². The van der Waals surface area contributed by atoms with Crippen LogP contribution in [0.2, 0.25) is 0 Å². The Morgan fingerprint density at radius 3 is 2.48 bits per heavy atom. The Morgan fingerprint density at radius 2 is 1.84 bits per heavy atom. The van der Waals surface area contributed by atoms with Crippen molar-refractivity contribution in [3.8, 4) is 0 Å². The van der Waals surface area contributed by atoms with Gasteiger partial charge in [0.05, 0.1) is 12.3 Å². The van der Waals surface area contributed by atoms with E-state index in [9.17, 15) is 4.79 Å². The normalized spacial score (nSPS) is 18.5. The van der Waals surface area contributed by atoms with Gasteiger partial charge in [-0.05, 0) is 55.6 Å². The Morgan fingerprint density at radius 1 is 1.06 bits per heavy atom. The molecule has 2 aliphatic rings. The maximum atomic E-state index is 11.8. The van der Waals surface area contributed by atoms with Gasteiger partial charge in [0.25, 0.3) is 0 Å². The molecule has 1 aromatic heterocycles. The average molecular weight is 424 g/mol. The first kappa shape index (κ1) is 21.4. The van der Waals surface area contributed by atoms with Crippen LogP contribution in [0.5, 0.6) is 0 Å². The van der Waals surface area contributed by atoms with E-state index in [2.05, 4.69) is 50.9 Å². The van der Waals surface area contributed by atoms with Crippen LogP contribution in [0, 0.1) is 0 Å². The van der Waals surface area contributed by atoms with Crippen molar-refractivity contribution in [1.29, 1.82) is 0 Å². The molecule has 166 valence electrons. The summed E-state index contributed by atoms with van der Waals surface area (Å²) in [5, 5.41) is 6.86. The van der Waals surface area contributed by atoms with E-state index in [1.165, 1.54) is 24.0 Å². The Kier molecular flexibility index (Phi) is 7.25. The topological polar surface area (TPSA) is 73.1 Å². The fraction of sp³-hybridized carbons (Fsp3) is 0.500. The van der Waals surface area contributed by atoms with Crippen LogP contribution in [0.4, 0.5) is 0 Å². The molecule has 4 rings (SSSR count). The van der Waals surface area contributed by atoms with Gasteiger partial charge in [-0.15, -0.1) is 0 Å². The first-order valence-electron chi connectivity index (χ1n) is 11.3. The van der Waals surface area contributed by atoms with Gasteiger partial charge in [0.15, 0.2) is 5.96 Å². The molecule has 0 saturated carbocycles. The fourth-order valence-electron chi connectivity index (χ4n) is 4.40. The van der Waals surface area contributed by atoms with Gasteiger partial charge in [-0.2, -0.15) is 0 Å². The molecule has 31 heavy (non-hydrogen) atoms. The summed E-state index contributed by atoms with van der Waals surface area (Å²) in [5.74, 6) is 2.04. The van der Waals surface area contributed by atoms with E-state index in [4.69, 9.17) is 4.42 Å². The van der Waals surface area contributed by atoms with Gasteiger partial charge in [0, 0.05) is 39.6 Å². The van der Waals surface area contributed by atoms with E-state index in [1.807, 2.05) is 11.0 Å². The average Bonchev–Trinajstić information content (AvgIpc) is 3.56. The van der Waals surface area contributed by atoms with Crippen LogP contribution < -0.4 is 10.6 Å². The number of carbonyl (C=O) groups excluding carboxylic acids is 1. The zero-order valence-corrected chi connectivity index (χ0v) is 18.3. The summed E-state index contributed by atoms with van der Waals surface area (Å²) in [5.41, 5.74) is 2.36. The molecule has 1 amide bonds.